The van der Waals surface area contributed by atoms with Gasteiger partial charge >= 0.3 is 0 Å². The topological polar surface area (TPSA) is 85.8 Å². The quantitative estimate of drug-likeness (QED) is 0.793. The number of nitrogens with zero attached hydrogens (tertiary/aromatic N) is 3. The van der Waals surface area contributed by atoms with Crippen molar-refractivity contribution in [2.45, 2.75) is 6.92 Å². The maximum Gasteiger partial charge on any atom is 0.254 e. The Morgan fingerprint density at radius 1 is 1.25 bits per heavy atom. The smallest absolute Gasteiger partial charge is 0.254 e. The van der Waals surface area contributed by atoms with E-state index in [4.69, 9.17) is 14.2 Å². The number of methoxy groups -OCH3 is 2. The summed E-state index contributed by atoms with van der Waals surface area (Å²) in [5, 5.41) is 3.09. The first-order chi connectivity index (χ1) is 13.7. The van der Waals surface area contributed by atoms with Crippen LogP contribution in [0.2, 0.25) is 0 Å². The van der Waals surface area contributed by atoms with Gasteiger partial charge in [0.05, 0.1) is 39.3 Å². The second-order valence-corrected chi connectivity index (χ2v) is 5.94. The lowest BCUT2D eigenvalue weighted by Crippen LogP contribution is -2.40. The second-order valence-electron chi connectivity index (χ2n) is 5.94. The fraction of sp³-hybridized carbons (Fsp3) is 0.350. The Balaban J connectivity index is 1.82. The van der Waals surface area contributed by atoms with Gasteiger partial charge in [0, 0.05) is 18.7 Å². The van der Waals surface area contributed by atoms with Crippen molar-refractivity contribution in [1.29, 1.82) is 0 Å². The zero-order chi connectivity index (χ0) is 19.9. The highest BCUT2D eigenvalue weighted by Gasteiger charge is 2.20. The molecule has 146 valence electrons. The van der Waals surface area contributed by atoms with Crippen molar-refractivity contribution < 1.29 is 19.0 Å². The number of rotatable bonds is 5. The number of ether oxygens (including phenoxy) is 3. The van der Waals surface area contributed by atoms with Crippen molar-refractivity contribution in [3.63, 3.8) is 0 Å². The molecule has 1 aromatic heterocycles. The Kier molecular flexibility index (Phi) is 6.29. The van der Waals surface area contributed by atoms with E-state index in [1.54, 1.807) is 43.3 Å². The third-order valence-corrected chi connectivity index (χ3v) is 4.20. The maximum atomic E-state index is 12.7. The van der Waals surface area contributed by atoms with Crippen molar-refractivity contribution in [3.8, 4) is 23.5 Å². The Labute approximate surface area is 163 Å². The number of hydrogen-bond donors (Lipinski definition) is 1. The van der Waals surface area contributed by atoms with E-state index in [1.807, 2.05) is 0 Å². The second kappa shape index (κ2) is 9.06. The molecule has 2 aromatic rings. The number of carbonyl (C=O) groups is 1. The van der Waals surface area contributed by atoms with Gasteiger partial charge in [0.1, 0.15) is 11.3 Å². The van der Waals surface area contributed by atoms with E-state index >= 15 is 0 Å². The molecule has 8 nitrogen and oxygen atoms in total. The molecule has 1 saturated heterocycles. The SMILES string of the molecule is CC#Cc1cnc(Nc2ccc(C(=O)N3CCOCC3)cc2OC)nc1OC. The molecule has 8 heteroatoms. The van der Waals surface area contributed by atoms with Crippen LogP contribution in [-0.4, -0.2) is 61.3 Å². The number of morpholine rings is 1. The average molecular weight is 382 g/mol. The molecule has 0 bridgehead atoms. The van der Waals surface area contributed by atoms with Gasteiger partial charge in [-0.2, -0.15) is 4.98 Å². The summed E-state index contributed by atoms with van der Waals surface area (Å²) >= 11 is 0. The fourth-order valence-electron chi connectivity index (χ4n) is 2.80. The molecule has 1 aliphatic heterocycles. The molecule has 0 saturated carbocycles. The zero-order valence-electron chi connectivity index (χ0n) is 16.1. The molecule has 0 aliphatic carbocycles. The summed E-state index contributed by atoms with van der Waals surface area (Å²) in [5.74, 6) is 6.87. The van der Waals surface area contributed by atoms with Crippen LogP contribution in [0.15, 0.2) is 24.4 Å². The highest BCUT2D eigenvalue weighted by molar-refractivity contribution is 5.95. The minimum absolute atomic E-state index is 0.0476. The molecule has 0 atom stereocenters. The van der Waals surface area contributed by atoms with Crippen molar-refractivity contribution in [1.82, 2.24) is 14.9 Å². The Bertz CT molecular complexity index is 914. The summed E-state index contributed by atoms with van der Waals surface area (Å²) in [7, 11) is 3.07. The highest BCUT2D eigenvalue weighted by Crippen LogP contribution is 2.29. The summed E-state index contributed by atoms with van der Waals surface area (Å²) < 4.78 is 16.0. The maximum absolute atomic E-state index is 12.7. The molecule has 28 heavy (non-hydrogen) atoms. The van der Waals surface area contributed by atoms with Crippen molar-refractivity contribution in [2.75, 3.05) is 45.8 Å². The number of carbonyl (C=O) groups excluding carboxylic acids is 1. The zero-order valence-corrected chi connectivity index (χ0v) is 16.1. The number of amides is 1. The van der Waals surface area contributed by atoms with Crippen LogP contribution in [0.5, 0.6) is 11.6 Å². The molecule has 0 radical (unpaired) electrons. The van der Waals surface area contributed by atoms with E-state index < -0.39 is 0 Å². The Morgan fingerprint density at radius 2 is 2.04 bits per heavy atom. The predicted octanol–water partition coefficient (Wildman–Crippen LogP) is 2.08. The van der Waals surface area contributed by atoms with Crippen molar-refractivity contribution >= 4 is 17.5 Å². The van der Waals surface area contributed by atoms with Gasteiger partial charge in [-0.1, -0.05) is 5.92 Å². The van der Waals surface area contributed by atoms with Crippen LogP contribution in [0, 0.1) is 11.8 Å². The van der Waals surface area contributed by atoms with Gasteiger partial charge in [-0.15, -0.1) is 5.92 Å². The normalized spacial score (nSPS) is 13.3. The van der Waals surface area contributed by atoms with Crippen LogP contribution >= 0.6 is 0 Å². The van der Waals surface area contributed by atoms with Crippen LogP contribution in [0.3, 0.4) is 0 Å². The molecular formula is C20H22N4O4. The van der Waals surface area contributed by atoms with Gasteiger partial charge in [-0.05, 0) is 25.1 Å². The minimum Gasteiger partial charge on any atom is -0.495 e. The molecular weight excluding hydrogens is 360 g/mol. The van der Waals surface area contributed by atoms with E-state index in [-0.39, 0.29) is 5.91 Å². The Hall–Kier alpha value is -3.31. The van der Waals surface area contributed by atoms with Gasteiger partial charge < -0.3 is 24.4 Å². The summed E-state index contributed by atoms with van der Waals surface area (Å²) in [6, 6.07) is 5.22. The first kappa shape index (κ1) is 19.5. The average Bonchev–Trinajstić information content (AvgIpc) is 2.75. The lowest BCUT2D eigenvalue weighted by atomic mass is 10.1. The number of benzene rings is 1. The predicted molar refractivity (Wildman–Crippen MR) is 104 cm³/mol. The van der Waals surface area contributed by atoms with Crippen molar-refractivity contribution in [2.24, 2.45) is 0 Å². The van der Waals surface area contributed by atoms with Crippen LogP contribution in [0.1, 0.15) is 22.8 Å². The van der Waals surface area contributed by atoms with Crippen molar-refractivity contribution in [3.05, 3.63) is 35.5 Å². The summed E-state index contributed by atoms with van der Waals surface area (Å²) in [6.07, 6.45) is 1.59. The molecule has 1 aromatic carbocycles. The van der Waals surface area contributed by atoms with Gasteiger partial charge in [0.25, 0.3) is 5.91 Å². The van der Waals surface area contributed by atoms with Crippen LogP contribution in [0.25, 0.3) is 0 Å². The molecule has 0 unspecified atom stereocenters. The largest absolute Gasteiger partial charge is 0.495 e. The van der Waals surface area contributed by atoms with Gasteiger partial charge in [-0.25, -0.2) is 4.98 Å². The summed E-state index contributed by atoms with van der Waals surface area (Å²) in [4.78, 5) is 23.0. The molecule has 3 rings (SSSR count). The van der Waals surface area contributed by atoms with E-state index in [0.29, 0.717) is 60.7 Å². The fourth-order valence-corrected chi connectivity index (χ4v) is 2.80. The van der Waals surface area contributed by atoms with Gasteiger partial charge in [0.2, 0.25) is 11.8 Å². The number of nitrogens with one attached hydrogen (secondary N) is 1. The monoisotopic (exact) mass is 382 g/mol. The number of anilines is 2. The third-order valence-electron chi connectivity index (χ3n) is 4.20. The lowest BCUT2D eigenvalue weighted by Gasteiger charge is -2.27. The summed E-state index contributed by atoms with van der Waals surface area (Å²) in [5.41, 5.74) is 1.79. The highest BCUT2D eigenvalue weighted by atomic mass is 16.5. The van der Waals surface area contributed by atoms with Crippen LogP contribution in [-0.2, 0) is 4.74 Å². The molecule has 0 spiro atoms. The van der Waals surface area contributed by atoms with E-state index in [0.717, 1.165) is 0 Å². The standard InChI is InChI=1S/C20H22N4O4/c1-4-5-15-13-21-20(23-18(15)27-3)22-16-7-6-14(12-17(16)26-2)19(25)24-8-10-28-11-9-24/h6-7,12-13H,8-11H2,1-3H3,(H,21,22,23). The van der Waals surface area contributed by atoms with Crippen LogP contribution in [0.4, 0.5) is 11.6 Å². The van der Waals surface area contributed by atoms with E-state index in [2.05, 4.69) is 27.1 Å². The molecule has 1 N–H and O–H groups in total. The Morgan fingerprint density at radius 3 is 2.71 bits per heavy atom. The molecule has 1 amide bonds. The van der Waals surface area contributed by atoms with E-state index in [9.17, 15) is 4.79 Å². The molecule has 1 fully saturated rings. The third kappa shape index (κ3) is 4.32. The van der Waals surface area contributed by atoms with E-state index in [1.165, 1.54) is 7.11 Å². The molecule has 1 aliphatic rings. The first-order valence-corrected chi connectivity index (χ1v) is 8.82. The van der Waals surface area contributed by atoms with Gasteiger partial charge in [-0.3, -0.25) is 4.79 Å². The first-order valence-electron chi connectivity index (χ1n) is 8.82. The molecule has 2 heterocycles. The number of hydrogen-bond acceptors (Lipinski definition) is 7. The minimum atomic E-state index is -0.0476. The number of aromatic nitrogens is 2. The lowest BCUT2D eigenvalue weighted by molar-refractivity contribution is 0.0302. The summed E-state index contributed by atoms with van der Waals surface area (Å²) in [6.45, 7) is 4.01. The van der Waals surface area contributed by atoms with Crippen LogP contribution < -0.4 is 14.8 Å². The van der Waals surface area contributed by atoms with Gasteiger partial charge in [0.15, 0.2) is 0 Å².